The number of nitrogens with zero attached hydrogens (tertiary/aromatic N) is 1. The molecule has 0 aliphatic rings. The molecule has 0 aliphatic carbocycles. The molecule has 2 aromatic rings. The first kappa shape index (κ1) is 18.2. The van der Waals surface area contributed by atoms with Gasteiger partial charge in [0.05, 0.1) is 13.9 Å². The molecule has 0 aromatic heterocycles. The Morgan fingerprint density at radius 2 is 1.92 bits per heavy atom. The number of carboxylic acids is 1. The van der Waals surface area contributed by atoms with E-state index < -0.39 is 10.9 Å². The Hall–Kier alpha value is -2.19. The van der Waals surface area contributed by atoms with Crippen molar-refractivity contribution in [1.29, 1.82) is 0 Å². The van der Waals surface area contributed by atoms with Crippen LogP contribution in [0, 0.1) is 10.1 Å². The summed E-state index contributed by atoms with van der Waals surface area (Å²) >= 11 is 6.74. The van der Waals surface area contributed by atoms with E-state index in [0.29, 0.717) is 25.8 Å². The topological polar surface area (TPSA) is 89.7 Å². The second-order valence-corrected chi connectivity index (χ2v) is 6.41. The molecule has 124 valence electrons. The van der Waals surface area contributed by atoms with Crippen molar-refractivity contribution in [3.63, 3.8) is 0 Å². The molecule has 2 rings (SSSR count). The highest BCUT2D eigenvalue weighted by atomic mass is 79.9. The van der Waals surface area contributed by atoms with Crippen LogP contribution in [0.15, 0.2) is 51.4 Å². The summed E-state index contributed by atoms with van der Waals surface area (Å²) in [7, 11) is 0. The number of non-ortho nitro benzene ring substituents is 1. The van der Waals surface area contributed by atoms with Gasteiger partial charge in [0.15, 0.2) is 0 Å². The SMILES string of the molecule is O=C(O)C=Cc1cc(Br)c(OCc2cccc([N+](=O)[O-])c2)c(Br)c1. The van der Waals surface area contributed by atoms with Crippen LogP contribution in [0.3, 0.4) is 0 Å². The molecule has 8 heteroatoms. The summed E-state index contributed by atoms with van der Waals surface area (Å²) in [6.07, 6.45) is 2.50. The Balaban J connectivity index is 2.17. The van der Waals surface area contributed by atoms with Gasteiger partial charge in [0.1, 0.15) is 12.4 Å². The first-order valence-corrected chi connectivity index (χ1v) is 8.21. The van der Waals surface area contributed by atoms with Gasteiger partial charge in [0, 0.05) is 18.2 Å². The molecule has 24 heavy (non-hydrogen) atoms. The zero-order valence-electron chi connectivity index (χ0n) is 12.1. The molecule has 0 saturated heterocycles. The highest BCUT2D eigenvalue weighted by Crippen LogP contribution is 2.35. The standard InChI is InChI=1S/C16H11Br2NO5/c17-13-7-10(4-5-15(20)21)8-14(18)16(13)24-9-11-2-1-3-12(6-11)19(22)23/h1-8H,9H2,(H,20,21). The number of rotatable bonds is 6. The number of benzene rings is 2. The highest BCUT2D eigenvalue weighted by molar-refractivity contribution is 9.11. The quantitative estimate of drug-likeness (QED) is 0.383. The van der Waals surface area contributed by atoms with Crippen molar-refractivity contribution in [2.75, 3.05) is 0 Å². The summed E-state index contributed by atoms with van der Waals surface area (Å²) < 4.78 is 6.98. The van der Waals surface area contributed by atoms with Gasteiger partial charge in [-0.15, -0.1) is 0 Å². The lowest BCUT2D eigenvalue weighted by molar-refractivity contribution is -0.384. The van der Waals surface area contributed by atoms with Crippen molar-refractivity contribution >= 4 is 49.6 Å². The molecular weight excluding hydrogens is 446 g/mol. The maximum Gasteiger partial charge on any atom is 0.328 e. The number of hydrogen-bond acceptors (Lipinski definition) is 4. The predicted octanol–water partition coefficient (Wildman–Crippen LogP) is 4.80. The van der Waals surface area contributed by atoms with E-state index in [1.807, 2.05) is 0 Å². The largest absolute Gasteiger partial charge is 0.487 e. The van der Waals surface area contributed by atoms with E-state index in [2.05, 4.69) is 31.9 Å². The predicted molar refractivity (Wildman–Crippen MR) is 95.9 cm³/mol. The van der Waals surface area contributed by atoms with Crippen LogP contribution < -0.4 is 4.74 Å². The molecule has 0 radical (unpaired) electrons. The van der Waals surface area contributed by atoms with Crippen molar-refractivity contribution in [3.05, 3.63) is 72.7 Å². The van der Waals surface area contributed by atoms with Crippen molar-refractivity contribution < 1.29 is 19.6 Å². The first-order chi connectivity index (χ1) is 11.4. The van der Waals surface area contributed by atoms with Crippen LogP contribution in [-0.2, 0) is 11.4 Å². The van der Waals surface area contributed by atoms with E-state index in [0.717, 1.165) is 6.08 Å². The molecular formula is C16H11Br2NO5. The third-order valence-electron chi connectivity index (χ3n) is 2.94. The fourth-order valence-electron chi connectivity index (χ4n) is 1.90. The number of hydrogen-bond donors (Lipinski definition) is 1. The van der Waals surface area contributed by atoms with Gasteiger partial charge < -0.3 is 9.84 Å². The summed E-state index contributed by atoms with van der Waals surface area (Å²) in [5.74, 6) is -0.512. The van der Waals surface area contributed by atoms with Gasteiger partial charge in [-0.3, -0.25) is 10.1 Å². The van der Waals surface area contributed by atoms with Gasteiger partial charge in [-0.05, 0) is 61.2 Å². The molecule has 0 atom stereocenters. The third-order valence-corrected chi connectivity index (χ3v) is 4.12. The fraction of sp³-hybridized carbons (Fsp3) is 0.0625. The maximum absolute atomic E-state index is 10.8. The molecule has 0 unspecified atom stereocenters. The number of nitro benzene ring substituents is 1. The Bertz CT molecular complexity index is 797. The van der Waals surface area contributed by atoms with E-state index in [1.165, 1.54) is 18.2 Å². The van der Waals surface area contributed by atoms with Gasteiger partial charge in [-0.2, -0.15) is 0 Å². The van der Waals surface area contributed by atoms with E-state index in [9.17, 15) is 14.9 Å². The number of carboxylic acid groups (broad SMARTS) is 1. The molecule has 0 fully saturated rings. The summed E-state index contributed by atoms with van der Waals surface area (Å²) in [5, 5.41) is 19.4. The lowest BCUT2D eigenvalue weighted by atomic mass is 10.2. The summed E-state index contributed by atoms with van der Waals surface area (Å²) in [6.45, 7) is 0.156. The third kappa shape index (κ3) is 4.90. The highest BCUT2D eigenvalue weighted by Gasteiger charge is 2.10. The van der Waals surface area contributed by atoms with E-state index in [4.69, 9.17) is 9.84 Å². The minimum absolute atomic E-state index is 0.00314. The Morgan fingerprint density at radius 3 is 2.50 bits per heavy atom. The van der Waals surface area contributed by atoms with Gasteiger partial charge >= 0.3 is 5.97 Å². The summed E-state index contributed by atoms with van der Waals surface area (Å²) in [4.78, 5) is 20.9. The van der Waals surface area contributed by atoms with Gasteiger partial charge in [-0.1, -0.05) is 12.1 Å². The first-order valence-electron chi connectivity index (χ1n) is 6.63. The van der Waals surface area contributed by atoms with Crippen LogP contribution in [-0.4, -0.2) is 16.0 Å². The summed E-state index contributed by atoms with van der Waals surface area (Å²) in [5.41, 5.74) is 1.35. The lowest BCUT2D eigenvalue weighted by Gasteiger charge is -2.11. The number of carbonyl (C=O) groups is 1. The minimum atomic E-state index is -1.03. The molecule has 0 heterocycles. The molecule has 0 spiro atoms. The van der Waals surface area contributed by atoms with Crippen LogP contribution >= 0.6 is 31.9 Å². The zero-order valence-corrected chi connectivity index (χ0v) is 15.3. The van der Waals surface area contributed by atoms with E-state index in [1.54, 1.807) is 24.3 Å². The number of ether oxygens (including phenoxy) is 1. The number of aliphatic carboxylic acids is 1. The second-order valence-electron chi connectivity index (χ2n) is 4.70. The fourth-order valence-corrected chi connectivity index (χ4v) is 3.35. The second kappa shape index (κ2) is 8.07. The van der Waals surface area contributed by atoms with Crippen LogP contribution in [0.1, 0.15) is 11.1 Å². The van der Waals surface area contributed by atoms with Crippen LogP contribution in [0.5, 0.6) is 5.75 Å². The number of halogens is 2. The van der Waals surface area contributed by atoms with Crippen molar-refractivity contribution in [3.8, 4) is 5.75 Å². The van der Waals surface area contributed by atoms with Crippen molar-refractivity contribution in [2.24, 2.45) is 0 Å². The average molecular weight is 457 g/mol. The van der Waals surface area contributed by atoms with Crippen molar-refractivity contribution in [2.45, 2.75) is 6.61 Å². The summed E-state index contributed by atoms with van der Waals surface area (Å²) in [6, 6.07) is 9.63. The average Bonchev–Trinajstić information content (AvgIpc) is 2.52. The molecule has 0 bridgehead atoms. The molecule has 0 saturated carbocycles. The van der Waals surface area contributed by atoms with Crippen molar-refractivity contribution in [1.82, 2.24) is 0 Å². The van der Waals surface area contributed by atoms with Crippen LogP contribution in [0.4, 0.5) is 5.69 Å². The Morgan fingerprint density at radius 1 is 1.25 bits per heavy atom. The van der Waals surface area contributed by atoms with Crippen LogP contribution in [0.2, 0.25) is 0 Å². The molecule has 0 amide bonds. The molecule has 2 aromatic carbocycles. The minimum Gasteiger partial charge on any atom is -0.487 e. The zero-order chi connectivity index (χ0) is 17.7. The van der Waals surface area contributed by atoms with Gasteiger partial charge in [0.25, 0.3) is 5.69 Å². The van der Waals surface area contributed by atoms with Gasteiger partial charge in [-0.25, -0.2) is 4.79 Å². The normalized spacial score (nSPS) is 10.8. The smallest absolute Gasteiger partial charge is 0.328 e. The monoisotopic (exact) mass is 455 g/mol. The lowest BCUT2D eigenvalue weighted by Crippen LogP contribution is -1.98. The number of nitro groups is 1. The maximum atomic E-state index is 10.8. The molecule has 0 aliphatic heterocycles. The molecule has 1 N–H and O–H groups in total. The van der Waals surface area contributed by atoms with E-state index in [-0.39, 0.29) is 12.3 Å². The Labute approximate surface area is 154 Å². The van der Waals surface area contributed by atoms with E-state index >= 15 is 0 Å². The molecule has 6 nitrogen and oxygen atoms in total. The van der Waals surface area contributed by atoms with Crippen LogP contribution in [0.25, 0.3) is 6.08 Å². The van der Waals surface area contributed by atoms with Gasteiger partial charge in [0.2, 0.25) is 0 Å². The Kier molecular flexibility index (Phi) is 6.10.